The minimum Gasteiger partial charge on any atom is -0.301 e. The first-order valence-corrected chi connectivity index (χ1v) is 12.6. The summed E-state index contributed by atoms with van der Waals surface area (Å²) < 4.78 is 17.6. The molecule has 0 aromatic heterocycles. The van der Waals surface area contributed by atoms with Gasteiger partial charge in [-0.05, 0) is 40.6 Å². The van der Waals surface area contributed by atoms with Gasteiger partial charge >= 0.3 is 0 Å². The average Bonchev–Trinajstić information content (AvgIpc) is 3.07. The van der Waals surface area contributed by atoms with Crippen LogP contribution in [-0.2, 0) is 4.57 Å². The van der Waals surface area contributed by atoms with Crippen molar-refractivity contribution >= 4 is 29.4 Å². The van der Waals surface area contributed by atoms with E-state index in [1.165, 1.54) is 16.7 Å². The Morgan fingerprint density at radius 1 is 0.774 bits per heavy atom. The van der Waals surface area contributed by atoms with Gasteiger partial charge in [0.05, 0.1) is 5.66 Å². The molecule has 4 atom stereocenters. The molecule has 152 valence electrons. The maximum absolute atomic E-state index is 15.4. The third-order valence-electron chi connectivity index (χ3n) is 7.04. The van der Waals surface area contributed by atoms with E-state index in [1.807, 2.05) is 6.07 Å². The lowest BCUT2D eigenvalue weighted by Gasteiger charge is -2.30. The highest BCUT2D eigenvalue weighted by Crippen LogP contribution is 2.75. The maximum Gasteiger partial charge on any atom is 0.187 e. The topological polar surface area (TPSA) is 20.3 Å². The lowest BCUT2D eigenvalue weighted by Crippen LogP contribution is -2.22. The summed E-state index contributed by atoms with van der Waals surface area (Å²) in [6.45, 7) is 0. The summed E-state index contributed by atoms with van der Waals surface area (Å²) in [6, 6.07) is 33.7. The van der Waals surface area contributed by atoms with Crippen molar-refractivity contribution in [3.63, 3.8) is 0 Å². The summed E-state index contributed by atoms with van der Waals surface area (Å²) >= 11 is 0. The molecule has 1 fully saturated rings. The van der Waals surface area contributed by atoms with Crippen molar-refractivity contribution in [2.24, 2.45) is 5.92 Å². The fourth-order valence-electron chi connectivity index (χ4n) is 5.68. The van der Waals surface area contributed by atoms with Gasteiger partial charge in [-0.2, -0.15) is 0 Å². The first-order valence-electron chi connectivity index (χ1n) is 10.8. The molecule has 6 rings (SSSR count). The number of hydrogen-bond donors (Lipinski definition) is 0. The third-order valence-corrected chi connectivity index (χ3v) is 10.7. The maximum atomic E-state index is 15.4. The van der Waals surface area contributed by atoms with E-state index in [2.05, 4.69) is 115 Å². The predicted octanol–water partition coefficient (Wildman–Crippen LogP) is 6.81. The second kappa shape index (κ2) is 7.05. The highest BCUT2D eigenvalue weighted by Gasteiger charge is 2.57. The van der Waals surface area contributed by atoms with E-state index in [1.54, 1.807) is 0 Å². The van der Waals surface area contributed by atoms with Crippen molar-refractivity contribution < 1.29 is 4.57 Å². The Morgan fingerprint density at radius 2 is 1.48 bits per heavy atom. The molecule has 2 nitrogen and oxygen atoms in total. The lowest BCUT2D eigenvalue weighted by atomic mass is 9.82. The number of benzene rings is 4. The molecule has 1 saturated heterocycles. The highest BCUT2D eigenvalue weighted by molar-refractivity contribution is 7.70. The zero-order chi connectivity index (χ0) is 21.0. The number of hydrogen-bond acceptors (Lipinski definition) is 1. The largest absolute Gasteiger partial charge is 0.301 e. The molecule has 0 unspecified atom stereocenters. The van der Waals surface area contributed by atoms with Crippen LogP contribution in [0.4, 0.5) is 0 Å². The van der Waals surface area contributed by atoms with Crippen LogP contribution in [0.5, 0.6) is 0 Å². The van der Waals surface area contributed by atoms with Gasteiger partial charge in [-0.15, -0.1) is 0 Å². The van der Waals surface area contributed by atoms with Gasteiger partial charge in [0.2, 0.25) is 0 Å². The first-order chi connectivity index (χ1) is 15.2. The molecule has 0 radical (unpaired) electrons. The molecular formula is C28H24NOP. The molecule has 0 amide bonds. The Labute approximate surface area is 183 Å². The van der Waals surface area contributed by atoms with Gasteiger partial charge in [-0.1, -0.05) is 103 Å². The monoisotopic (exact) mass is 421 g/mol. The summed E-state index contributed by atoms with van der Waals surface area (Å²) in [4.78, 5) is 0. The summed E-state index contributed by atoms with van der Waals surface area (Å²) in [7, 11) is -0.898. The second-order valence-corrected chi connectivity index (χ2v) is 11.5. The van der Waals surface area contributed by atoms with Gasteiger partial charge in [0.15, 0.2) is 7.29 Å². The molecule has 31 heavy (non-hydrogen) atoms. The van der Waals surface area contributed by atoms with E-state index in [0.29, 0.717) is 0 Å². The van der Waals surface area contributed by atoms with Gasteiger partial charge in [0.1, 0.15) is 0 Å². The highest BCUT2D eigenvalue weighted by atomic mass is 31.2. The van der Waals surface area contributed by atoms with E-state index in [0.717, 1.165) is 16.1 Å². The molecule has 0 spiro atoms. The first kappa shape index (κ1) is 18.8. The third kappa shape index (κ3) is 2.65. The van der Waals surface area contributed by atoms with Crippen LogP contribution < -0.4 is 5.30 Å². The normalized spacial score (nSPS) is 27.2. The SMILES string of the molecule is CN1[C@H](c2ccccc2)[C@@H]2C=Cc3ccccc3[C@H]2[P@@]1(=O)c1cccc2ccccc12. The molecule has 0 saturated carbocycles. The molecule has 4 aromatic carbocycles. The van der Waals surface area contributed by atoms with Crippen molar-refractivity contribution in [1.82, 2.24) is 4.67 Å². The van der Waals surface area contributed by atoms with E-state index < -0.39 is 7.29 Å². The van der Waals surface area contributed by atoms with Gasteiger partial charge in [-0.3, -0.25) is 0 Å². The zero-order valence-corrected chi connectivity index (χ0v) is 18.3. The van der Waals surface area contributed by atoms with E-state index in [9.17, 15) is 0 Å². The van der Waals surface area contributed by atoms with Crippen molar-refractivity contribution in [3.05, 3.63) is 120 Å². The summed E-state index contributed by atoms with van der Waals surface area (Å²) in [5.41, 5.74) is 3.56. The van der Waals surface area contributed by atoms with Crippen molar-refractivity contribution in [2.75, 3.05) is 7.05 Å². The quantitative estimate of drug-likeness (QED) is 0.331. The van der Waals surface area contributed by atoms with E-state index >= 15 is 4.57 Å². The Bertz CT molecular complexity index is 1350. The van der Waals surface area contributed by atoms with Crippen molar-refractivity contribution in [3.8, 4) is 0 Å². The molecule has 1 heterocycles. The minimum absolute atomic E-state index is 0.0605. The van der Waals surface area contributed by atoms with E-state index in [-0.39, 0.29) is 17.6 Å². The van der Waals surface area contributed by atoms with Crippen LogP contribution in [0.2, 0.25) is 0 Å². The molecule has 0 N–H and O–H groups in total. The van der Waals surface area contributed by atoms with Gasteiger partial charge < -0.3 is 4.57 Å². The van der Waals surface area contributed by atoms with Crippen molar-refractivity contribution in [1.29, 1.82) is 0 Å². The Kier molecular flexibility index (Phi) is 4.28. The molecule has 1 aliphatic heterocycles. The van der Waals surface area contributed by atoms with Crippen LogP contribution >= 0.6 is 7.29 Å². The number of nitrogens with zero attached hydrogens (tertiary/aromatic N) is 1. The average molecular weight is 421 g/mol. The molecule has 0 bridgehead atoms. The number of fused-ring (bicyclic) bond motifs is 4. The Morgan fingerprint density at radius 3 is 2.35 bits per heavy atom. The minimum atomic E-state index is -2.96. The molecular weight excluding hydrogens is 397 g/mol. The van der Waals surface area contributed by atoms with Gasteiger partial charge in [0.25, 0.3) is 0 Å². The van der Waals surface area contributed by atoms with Crippen LogP contribution in [0, 0.1) is 5.92 Å². The molecule has 4 aromatic rings. The zero-order valence-electron chi connectivity index (χ0n) is 17.4. The van der Waals surface area contributed by atoms with Gasteiger partial charge in [-0.25, -0.2) is 4.67 Å². The van der Waals surface area contributed by atoms with Gasteiger partial charge in [0, 0.05) is 17.3 Å². The fourth-order valence-corrected chi connectivity index (χ4v) is 9.56. The van der Waals surface area contributed by atoms with Crippen LogP contribution in [0.25, 0.3) is 16.8 Å². The van der Waals surface area contributed by atoms with Crippen LogP contribution in [0.1, 0.15) is 28.4 Å². The van der Waals surface area contributed by atoms with Crippen molar-refractivity contribution in [2.45, 2.75) is 11.7 Å². The number of rotatable bonds is 2. The van der Waals surface area contributed by atoms with Crippen LogP contribution in [0.15, 0.2) is 103 Å². The fraction of sp³-hybridized carbons (Fsp3) is 0.143. The predicted molar refractivity (Wildman–Crippen MR) is 130 cm³/mol. The molecule has 2 aliphatic rings. The second-order valence-electron chi connectivity index (χ2n) is 8.56. The molecule has 3 heteroatoms. The van der Waals surface area contributed by atoms with E-state index in [4.69, 9.17) is 0 Å². The molecule has 1 aliphatic carbocycles. The summed E-state index contributed by atoms with van der Waals surface area (Å²) in [5.74, 6) is 0.159. The van der Waals surface area contributed by atoms with Crippen LogP contribution in [-0.4, -0.2) is 11.7 Å². The van der Waals surface area contributed by atoms with Crippen LogP contribution in [0.3, 0.4) is 0 Å². The summed E-state index contributed by atoms with van der Waals surface area (Å²) in [5, 5.41) is 3.22. The standard InChI is InChI=1S/C28H24NOP/c1-29-27(22-12-3-2-4-13-22)25-19-18-21-11-6-8-16-24(21)28(25)31(29,30)26-17-9-14-20-10-5-7-15-23(20)26/h2-19,25,27-28H,1H3/t25-,27+,28+,31-/m0/s1. The Hall–Kier alpha value is -2.93. The summed E-state index contributed by atoms with van der Waals surface area (Å²) in [6.07, 6.45) is 4.52. The Balaban J connectivity index is 1.65. The smallest absolute Gasteiger partial charge is 0.187 e. The lowest BCUT2D eigenvalue weighted by molar-refractivity contribution is 0.357.